The van der Waals surface area contributed by atoms with Gasteiger partial charge in [-0.1, -0.05) is 32.0 Å². The molecule has 0 saturated carbocycles. The molecule has 0 atom stereocenters. The first kappa shape index (κ1) is 16.5. The number of pyridine rings is 1. The first-order chi connectivity index (χ1) is 10.3. The number of rotatable bonds is 5. The highest BCUT2D eigenvalue weighted by Crippen LogP contribution is 2.20. The van der Waals surface area contributed by atoms with Crippen molar-refractivity contribution in [1.29, 1.82) is 0 Å². The van der Waals surface area contributed by atoms with Gasteiger partial charge in [-0.3, -0.25) is 0 Å². The van der Waals surface area contributed by atoms with Gasteiger partial charge in [-0.15, -0.1) is 0 Å². The second kappa shape index (κ2) is 6.46. The third kappa shape index (κ3) is 4.05. The smallest absolute Gasteiger partial charge is 0.255 e. The molecule has 0 fully saturated rings. The van der Waals surface area contributed by atoms with Crippen molar-refractivity contribution in [3.8, 4) is 5.75 Å². The Morgan fingerprint density at radius 2 is 1.95 bits per heavy atom. The van der Waals surface area contributed by atoms with Crippen LogP contribution in [0.4, 0.5) is 0 Å². The second-order valence-corrected chi connectivity index (χ2v) is 7.01. The zero-order chi connectivity index (χ0) is 16.3. The quantitative estimate of drug-likeness (QED) is 0.918. The van der Waals surface area contributed by atoms with E-state index in [0.29, 0.717) is 18.3 Å². The number of nitrogens with zero attached hydrogens (tertiary/aromatic N) is 1. The molecule has 22 heavy (non-hydrogen) atoms. The Labute approximate surface area is 131 Å². The summed E-state index contributed by atoms with van der Waals surface area (Å²) in [6.45, 7) is 6.73. The van der Waals surface area contributed by atoms with E-state index in [4.69, 9.17) is 9.88 Å². The molecule has 1 heterocycles. The Morgan fingerprint density at radius 3 is 2.50 bits per heavy atom. The summed E-state index contributed by atoms with van der Waals surface area (Å²) in [5.41, 5.74) is 3.51. The molecule has 2 N–H and O–H groups in total. The predicted molar refractivity (Wildman–Crippen MR) is 85.2 cm³/mol. The number of aromatic nitrogens is 1. The Balaban J connectivity index is 2.12. The summed E-state index contributed by atoms with van der Waals surface area (Å²) < 4.78 is 28.0. The van der Waals surface area contributed by atoms with E-state index in [0.717, 1.165) is 11.1 Å². The van der Waals surface area contributed by atoms with E-state index in [-0.39, 0.29) is 5.03 Å². The van der Waals surface area contributed by atoms with Crippen molar-refractivity contribution >= 4 is 10.0 Å². The molecule has 118 valence electrons. The Morgan fingerprint density at radius 1 is 1.23 bits per heavy atom. The summed E-state index contributed by atoms with van der Waals surface area (Å²) in [6, 6.07) is 9.21. The summed E-state index contributed by atoms with van der Waals surface area (Å²) in [4.78, 5) is 3.79. The highest BCUT2D eigenvalue weighted by atomic mass is 32.2. The molecule has 6 heteroatoms. The maximum atomic E-state index is 11.1. The minimum absolute atomic E-state index is 0.169. The molecule has 5 nitrogen and oxygen atoms in total. The molecule has 0 aliphatic rings. The van der Waals surface area contributed by atoms with Crippen LogP contribution in [0.2, 0.25) is 0 Å². The van der Waals surface area contributed by atoms with Crippen molar-refractivity contribution in [3.05, 3.63) is 53.2 Å². The van der Waals surface area contributed by atoms with Gasteiger partial charge in [0.05, 0.1) is 6.20 Å². The van der Waals surface area contributed by atoms with Gasteiger partial charge in [-0.05, 0) is 41.7 Å². The molecule has 0 radical (unpaired) electrons. The molecule has 0 unspecified atom stereocenters. The highest BCUT2D eigenvalue weighted by molar-refractivity contribution is 7.89. The lowest BCUT2D eigenvalue weighted by Gasteiger charge is -2.12. The fourth-order valence-electron chi connectivity index (χ4n) is 1.99. The zero-order valence-corrected chi connectivity index (χ0v) is 13.7. The highest BCUT2D eigenvalue weighted by Gasteiger charge is 2.09. The summed E-state index contributed by atoms with van der Waals surface area (Å²) in [5, 5.41) is 4.84. The van der Waals surface area contributed by atoms with Gasteiger partial charge in [-0.25, -0.2) is 18.5 Å². The minimum atomic E-state index is -3.78. The van der Waals surface area contributed by atoms with E-state index in [1.54, 1.807) is 6.07 Å². The average molecular weight is 320 g/mol. The van der Waals surface area contributed by atoms with Crippen LogP contribution in [-0.2, 0) is 16.6 Å². The first-order valence-corrected chi connectivity index (χ1v) is 8.53. The molecule has 0 spiro atoms. The third-order valence-electron chi connectivity index (χ3n) is 3.43. The molecule has 2 aromatic rings. The maximum absolute atomic E-state index is 11.1. The lowest BCUT2D eigenvalue weighted by molar-refractivity contribution is 0.303. The molecule has 1 aromatic carbocycles. The van der Waals surface area contributed by atoms with Crippen LogP contribution in [0.15, 0.2) is 41.6 Å². The normalized spacial score (nSPS) is 11.7. The van der Waals surface area contributed by atoms with Crippen LogP contribution in [0.5, 0.6) is 5.75 Å². The number of aryl methyl sites for hydroxylation is 1. The van der Waals surface area contributed by atoms with Crippen LogP contribution in [-0.4, -0.2) is 13.4 Å². The van der Waals surface area contributed by atoms with E-state index in [2.05, 4.69) is 37.0 Å². The molecule has 1 aromatic heterocycles. The fourth-order valence-corrected chi connectivity index (χ4v) is 2.44. The zero-order valence-electron chi connectivity index (χ0n) is 12.9. The number of hydrogen-bond donors (Lipinski definition) is 1. The third-order valence-corrected chi connectivity index (χ3v) is 4.26. The lowest BCUT2D eigenvalue weighted by Crippen LogP contribution is -2.13. The summed E-state index contributed by atoms with van der Waals surface area (Å²) in [7, 11) is -3.78. The maximum Gasteiger partial charge on any atom is 0.255 e. The van der Waals surface area contributed by atoms with Crippen LogP contribution in [0.3, 0.4) is 0 Å². The van der Waals surface area contributed by atoms with Crippen LogP contribution in [0, 0.1) is 6.92 Å². The van der Waals surface area contributed by atoms with Crippen LogP contribution in [0.1, 0.15) is 36.5 Å². The Bertz CT molecular complexity index is 753. The van der Waals surface area contributed by atoms with Crippen LogP contribution < -0.4 is 9.88 Å². The second-order valence-electron chi connectivity index (χ2n) is 5.51. The van der Waals surface area contributed by atoms with E-state index < -0.39 is 10.0 Å². The van der Waals surface area contributed by atoms with Crippen LogP contribution >= 0.6 is 0 Å². The largest absolute Gasteiger partial charge is 0.487 e. The number of nitrogens with two attached hydrogens (primary N) is 1. The summed E-state index contributed by atoms with van der Waals surface area (Å²) >= 11 is 0. The van der Waals surface area contributed by atoms with E-state index in [9.17, 15) is 8.42 Å². The number of sulfonamides is 1. The van der Waals surface area contributed by atoms with Gasteiger partial charge in [0.2, 0.25) is 0 Å². The van der Waals surface area contributed by atoms with Gasteiger partial charge in [0.25, 0.3) is 10.0 Å². The first-order valence-electron chi connectivity index (χ1n) is 6.98. The SMILES string of the molecule is Cc1ccc(C(C)C)cc1COc1ccc(S(N)(=O)=O)nc1. The molecule has 2 rings (SSSR count). The molecule has 0 aliphatic heterocycles. The summed E-state index contributed by atoms with van der Waals surface area (Å²) in [6.07, 6.45) is 1.36. The number of ether oxygens (including phenoxy) is 1. The van der Waals surface area contributed by atoms with Gasteiger partial charge in [0.1, 0.15) is 12.4 Å². The average Bonchev–Trinajstić information content (AvgIpc) is 2.45. The van der Waals surface area contributed by atoms with Gasteiger partial charge in [0.15, 0.2) is 5.03 Å². The van der Waals surface area contributed by atoms with Crippen molar-refractivity contribution in [3.63, 3.8) is 0 Å². The van der Waals surface area contributed by atoms with Gasteiger partial charge in [-0.2, -0.15) is 0 Å². The predicted octanol–water partition coefficient (Wildman–Crippen LogP) is 2.74. The lowest BCUT2D eigenvalue weighted by atomic mass is 9.98. The van der Waals surface area contributed by atoms with E-state index in [1.807, 2.05) is 6.92 Å². The molecular weight excluding hydrogens is 300 g/mol. The number of primary sulfonamides is 1. The molecule has 0 saturated heterocycles. The topological polar surface area (TPSA) is 82.3 Å². The number of benzene rings is 1. The minimum Gasteiger partial charge on any atom is -0.487 e. The molecule has 0 amide bonds. The standard InChI is InChI=1S/C16H20N2O3S/c1-11(2)13-5-4-12(3)14(8-13)10-21-15-6-7-16(18-9-15)22(17,19)20/h4-9,11H,10H2,1-3H3,(H2,17,19,20). The molecular formula is C16H20N2O3S. The van der Waals surface area contributed by atoms with Gasteiger partial charge in [0, 0.05) is 0 Å². The number of hydrogen-bond acceptors (Lipinski definition) is 4. The van der Waals surface area contributed by atoms with Crippen molar-refractivity contribution < 1.29 is 13.2 Å². The monoisotopic (exact) mass is 320 g/mol. The van der Waals surface area contributed by atoms with Gasteiger partial charge >= 0.3 is 0 Å². The molecule has 0 aliphatic carbocycles. The van der Waals surface area contributed by atoms with Crippen LogP contribution in [0.25, 0.3) is 0 Å². The van der Waals surface area contributed by atoms with Crippen molar-refractivity contribution in [1.82, 2.24) is 4.98 Å². The van der Waals surface area contributed by atoms with Gasteiger partial charge < -0.3 is 4.74 Å². The van der Waals surface area contributed by atoms with Crippen molar-refractivity contribution in [2.45, 2.75) is 38.3 Å². The van der Waals surface area contributed by atoms with Crippen molar-refractivity contribution in [2.75, 3.05) is 0 Å². The van der Waals surface area contributed by atoms with E-state index in [1.165, 1.54) is 17.8 Å². The van der Waals surface area contributed by atoms with E-state index >= 15 is 0 Å². The Hall–Kier alpha value is -1.92. The van der Waals surface area contributed by atoms with Crippen molar-refractivity contribution in [2.24, 2.45) is 5.14 Å². The fraction of sp³-hybridized carbons (Fsp3) is 0.312. The molecule has 0 bridgehead atoms. The summed E-state index contributed by atoms with van der Waals surface area (Å²) in [5.74, 6) is 0.955. The Kier molecular flexibility index (Phi) is 4.83.